The van der Waals surface area contributed by atoms with Crippen LogP contribution in [0, 0.1) is 13.8 Å². The van der Waals surface area contributed by atoms with E-state index in [4.69, 9.17) is 9.26 Å². The van der Waals surface area contributed by atoms with Gasteiger partial charge in [0.1, 0.15) is 0 Å². The lowest BCUT2D eigenvalue weighted by molar-refractivity contribution is 0.0981. The van der Waals surface area contributed by atoms with E-state index in [1.54, 1.807) is 28.9 Å². The Morgan fingerprint density at radius 3 is 2.32 bits per heavy atom. The van der Waals surface area contributed by atoms with Gasteiger partial charge in [-0.1, -0.05) is 31.1 Å². The molecule has 34 heavy (non-hydrogen) atoms. The summed E-state index contributed by atoms with van der Waals surface area (Å²) in [5, 5.41) is 4.00. The minimum atomic E-state index is -0.387. The number of aromatic nitrogens is 2. The number of fused-ring (bicyclic) bond motifs is 1. The van der Waals surface area contributed by atoms with Crippen LogP contribution in [0.4, 0.5) is 16.2 Å². The summed E-state index contributed by atoms with van der Waals surface area (Å²) >= 11 is 0. The highest BCUT2D eigenvalue weighted by molar-refractivity contribution is 6.10. The quantitative estimate of drug-likeness (QED) is 0.510. The van der Waals surface area contributed by atoms with E-state index in [0.717, 1.165) is 16.7 Å². The predicted octanol–water partition coefficient (Wildman–Crippen LogP) is 5.32. The monoisotopic (exact) mass is 462 g/mol. The van der Waals surface area contributed by atoms with Crippen molar-refractivity contribution in [2.75, 3.05) is 23.0 Å². The Morgan fingerprint density at radius 1 is 1.06 bits per heavy atom. The van der Waals surface area contributed by atoms with Crippen LogP contribution in [0.15, 0.2) is 40.9 Å². The number of hydrogen-bond donors (Lipinski definition) is 0. The number of carbonyl (C=O) groups is 2. The van der Waals surface area contributed by atoms with Crippen LogP contribution in [0.2, 0.25) is 0 Å². The van der Waals surface area contributed by atoms with Crippen LogP contribution in [0.5, 0.6) is 0 Å². The number of ether oxygens (including phenoxy) is 1. The van der Waals surface area contributed by atoms with Gasteiger partial charge in [0.25, 0.3) is 5.91 Å². The molecule has 178 valence electrons. The zero-order chi connectivity index (χ0) is 24.4. The number of amides is 2. The van der Waals surface area contributed by atoms with E-state index in [9.17, 15) is 9.59 Å². The summed E-state index contributed by atoms with van der Waals surface area (Å²) in [6.45, 7) is 10.4. The van der Waals surface area contributed by atoms with E-state index in [1.165, 1.54) is 0 Å². The zero-order valence-electron chi connectivity index (χ0n) is 20.3. The summed E-state index contributed by atoms with van der Waals surface area (Å²) in [6.07, 6.45) is 0.964. The van der Waals surface area contributed by atoms with Crippen molar-refractivity contribution in [1.29, 1.82) is 0 Å². The van der Waals surface area contributed by atoms with Crippen LogP contribution in [0.25, 0.3) is 11.4 Å². The van der Waals surface area contributed by atoms with Crippen LogP contribution in [0.1, 0.15) is 54.6 Å². The third-order valence-electron chi connectivity index (χ3n) is 6.24. The highest BCUT2D eigenvalue weighted by Gasteiger charge is 2.37. The number of carbonyl (C=O) groups excluding carboxylic acids is 2. The van der Waals surface area contributed by atoms with Gasteiger partial charge in [-0.3, -0.25) is 9.69 Å². The van der Waals surface area contributed by atoms with E-state index >= 15 is 0 Å². The van der Waals surface area contributed by atoms with Gasteiger partial charge in [-0.25, -0.2) is 4.79 Å². The van der Waals surface area contributed by atoms with Crippen molar-refractivity contribution in [2.24, 2.45) is 0 Å². The summed E-state index contributed by atoms with van der Waals surface area (Å²) in [5.74, 6) is 0.948. The normalized spacial score (nSPS) is 15.3. The van der Waals surface area contributed by atoms with Crippen LogP contribution in [-0.2, 0) is 11.2 Å². The van der Waals surface area contributed by atoms with Crippen LogP contribution >= 0.6 is 0 Å². The van der Waals surface area contributed by atoms with Crippen LogP contribution < -0.4 is 9.80 Å². The lowest BCUT2D eigenvalue weighted by Gasteiger charge is -2.42. The van der Waals surface area contributed by atoms with E-state index in [-0.39, 0.29) is 18.0 Å². The average Bonchev–Trinajstić information content (AvgIpc) is 3.33. The first-order chi connectivity index (χ1) is 16.4. The molecule has 2 aromatic carbocycles. The summed E-state index contributed by atoms with van der Waals surface area (Å²) in [5.41, 5.74) is 4.84. The molecule has 1 unspecified atom stereocenters. The fourth-order valence-corrected chi connectivity index (χ4v) is 4.16. The van der Waals surface area contributed by atoms with Crippen molar-refractivity contribution in [3.8, 4) is 11.4 Å². The predicted molar refractivity (Wildman–Crippen MR) is 130 cm³/mol. The second-order valence-electron chi connectivity index (χ2n) is 8.41. The van der Waals surface area contributed by atoms with E-state index < -0.39 is 0 Å². The Labute approximate surface area is 199 Å². The largest absolute Gasteiger partial charge is 0.449 e. The summed E-state index contributed by atoms with van der Waals surface area (Å²) < 4.78 is 10.5. The molecule has 0 radical (unpaired) electrons. The van der Waals surface area contributed by atoms with Crippen molar-refractivity contribution in [1.82, 2.24) is 10.1 Å². The van der Waals surface area contributed by atoms with Crippen LogP contribution in [0.3, 0.4) is 0 Å². The molecule has 1 aliphatic heterocycles. The maximum Gasteiger partial charge on any atom is 0.414 e. The Morgan fingerprint density at radius 2 is 1.74 bits per heavy atom. The molecule has 2 amide bonds. The number of aryl methyl sites for hydroxylation is 3. The first-order valence-corrected chi connectivity index (χ1v) is 11.7. The topological polar surface area (TPSA) is 88.8 Å². The third kappa shape index (κ3) is 4.27. The summed E-state index contributed by atoms with van der Waals surface area (Å²) in [7, 11) is 0. The van der Waals surface area contributed by atoms with Gasteiger partial charge in [-0.15, -0.1) is 0 Å². The second-order valence-corrected chi connectivity index (χ2v) is 8.41. The van der Waals surface area contributed by atoms with Crippen molar-refractivity contribution >= 4 is 23.4 Å². The summed E-state index contributed by atoms with van der Waals surface area (Å²) in [4.78, 5) is 34.3. The van der Waals surface area contributed by atoms with Crippen molar-refractivity contribution < 1.29 is 18.8 Å². The minimum absolute atomic E-state index is 0.125. The van der Waals surface area contributed by atoms with Crippen LogP contribution in [-0.4, -0.2) is 41.3 Å². The number of hydrogen-bond acceptors (Lipinski definition) is 6. The van der Waals surface area contributed by atoms with Crippen molar-refractivity contribution in [2.45, 2.75) is 53.5 Å². The molecule has 2 heterocycles. The molecule has 3 aromatic rings. The highest BCUT2D eigenvalue weighted by atomic mass is 16.6. The first kappa shape index (κ1) is 23.5. The molecular weight excluding hydrogens is 432 g/mol. The van der Waals surface area contributed by atoms with Crippen molar-refractivity contribution in [3.05, 3.63) is 59.0 Å². The molecule has 0 fully saturated rings. The van der Waals surface area contributed by atoms with E-state index in [2.05, 4.69) is 10.1 Å². The molecule has 1 atom stereocenters. The van der Waals surface area contributed by atoms with Gasteiger partial charge in [0.15, 0.2) is 0 Å². The molecule has 4 rings (SSSR count). The standard InChI is InChI=1S/C26H30N4O4/c1-6-20-15-29(21-13-16(4)17(5)14-22(21)30(20)26(32)33-8-3)25(31)19-11-9-18(10-12-19)24-27-23(7-2)34-28-24/h9-14,20H,6-8,15H2,1-5H3. The molecular formula is C26H30N4O4. The molecule has 0 aliphatic carbocycles. The molecule has 0 saturated heterocycles. The Bertz CT molecular complexity index is 1200. The Hall–Kier alpha value is -3.68. The number of anilines is 2. The maximum absolute atomic E-state index is 13.7. The van der Waals surface area contributed by atoms with Gasteiger partial charge < -0.3 is 14.2 Å². The number of rotatable bonds is 5. The minimum Gasteiger partial charge on any atom is -0.449 e. The zero-order valence-corrected chi connectivity index (χ0v) is 20.3. The SMILES string of the molecule is CCOC(=O)N1c2cc(C)c(C)cc2N(C(=O)c2ccc(-c3noc(CC)n3)cc2)CC1CC. The van der Waals surface area contributed by atoms with Gasteiger partial charge in [-0.2, -0.15) is 4.98 Å². The number of benzene rings is 2. The van der Waals surface area contributed by atoms with Crippen molar-refractivity contribution in [3.63, 3.8) is 0 Å². The molecule has 1 aliphatic rings. The molecule has 1 aromatic heterocycles. The van der Waals surface area contributed by atoms with Gasteiger partial charge in [0.2, 0.25) is 11.7 Å². The molecule has 8 heteroatoms. The van der Waals surface area contributed by atoms with Gasteiger partial charge in [-0.05, 0) is 62.6 Å². The van der Waals surface area contributed by atoms with Gasteiger partial charge in [0.05, 0.1) is 24.0 Å². The highest BCUT2D eigenvalue weighted by Crippen LogP contribution is 2.39. The Balaban J connectivity index is 1.70. The fraction of sp³-hybridized carbons (Fsp3) is 0.385. The first-order valence-electron chi connectivity index (χ1n) is 11.7. The van der Waals surface area contributed by atoms with E-state index in [0.29, 0.717) is 54.6 Å². The molecule has 0 saturated carbocycles. The average molecular weight is 463 g/mol. The lowest BCUT2D eigenvalue weighted by atomic mass is 9.99. The maximum atomic E-state index is 13.7. The number of nitrogens with zero attached hydrogens (tertiary/aromatic N) is 4. The molecule has 8 nitrogen and oxygen atoms in total. The fourth-order valence-electron chi connectivity index (χ4n) is 4.16. The smallest absolute Gasteiger partial charge is 0.414 e. The van der Waals surface area contributed by atoms with Gasteiger partial charge >= 0.3 is 6.09 Å². The molecule has 0 bridgehead atoms. The third-order valence-corrected chi connectivity index (χ3v) is 6.24. The molecule has 0 spiro atoms. The summed E-state index contributed by atoms with van der Waals surface area (Å²) in [6, 6.07) is 11.0. The Kier molecular flexibility index (Phi) is 6.68. The lowest BCUT2D eigenvalue weighted by Crippen LogP contribution is -2.53. The molecule has 0 N–H and O–H groups in total. The second kappa shape index (κ2) is 9.67. The van der Waals surface area contributed by atoms with E-state index in [1.807, 2.05) is 52.0 Å². The van der Waals surface area contributed by atoms with Gasteiger partial charge in [0, 0.05) is 24.1 Å².